The summed E-state index contributed by atoms with van der Waals surface area (Å²) in [4.78, 5) is 13.9. The lowest BCUT2D eigenvalue weighted by atomic mass is 9.66. The SMILES string of the molecule is CC(C)(C)OC(=O)N1CCC(O)(c2ccc(Cl)cc2)C(C)(CO)C1. The zero-order chi connectivity index (χ0) is 18.2. The predicted molar refractivity (Wildman–Crippen MR) is 93.0 cm³/mol. The molecular formula is C18H26ClNO4. The third kappa shape index (κ3) is 3.68. The van der Waals surface area contributed by atoms with Gasteiger partial charge in [-0.2, -0.15) is 0 Å². The molecule has 0 radical (unpaired) electrons. The molecule has 0 spiro atoms. The Morgan fingerprint density at radius 2 is 1.92 bits per heavy atom. The van der Waals surface area contributed by atoms with E-state index in [1.807, 2.05) is 20.8 Å². The number of amides is 1. The Hall–Kier alpha value is -1.30. The smallest absolute Gasteiger partial charge is 0.410 e. The van der Waals surface area contributed by atoms with Gasteiger partial charge < -0.3 is 19.8 Å². The van der Waals surface area contributed by atoms with Crippen molar-refractivity contribution in [1.29, 1.82) is 0 Å². The first kappa shape index (κ1) is 19.0. The zero-order valence-corrected chi connectivity index (χ0v) is 15.4. The van der Waals surface area contributed by atoms with E-state index >= 15 is 0 Å². The number of ether oxygens (including phenoxy) is 1. The Kier molecular flexibility index (Phi) is 5.19. The summed E-state index contributed by atoms with van der Waals surface area (Å²) in [5.74, 6) is 0. The number of likely N-dealkylation sites (tertiary alicyclic amines) is 1. The number of aliphatic hydroxyl groups excluding tert-OH is 1. The lowest BCUT2D eigenvalue weighted by molar-refractivity contribution is -0.149. The van der Waals surface area contributed by atoms with E-state index in [1.165, 1.54) is 0 Å². The number of piperidine rings is 1. The number of hydrogen-bond acceptors (Lipinski definition) is 4. The minimum atomic E-state index is -1.25. The van der Waals surface area contributed by atoms with Gasteiger partial charge in [0, 0.05) is 23.5 Å². The van der Waals surface area contributed by atoms with Crippen LogP contribution in [-0.2, 0) is 10.3 Å². The maximum atomic E-state index is 12.3. The van der Waals surface area contributed by atoms with Gasteiger partial charge in [0.2, 0.25) is 0 Å². The van der Waals surface area contributed by atoms with E-state index in [-0.39, 0.29) is 13.2 Å². The molecule has 0 aliphatic carbocycles. The molecule has 24 heavy (non-hydrogen) atoms. The molecule has 0 bridgehead atoms. The molecule has 1 aromatic rings. The van der Waals surface area contributed by atoms with Crippen molar-refractivity contribution in [1.82, 2.24) is 4.90 Å². The van der Waals surface area contributed by atoms with Crippen molar-refractivity contribution in [3.63, 3.8) is 0 Å². The van der Waals surface area contributed by atoms with Crippen molar-refractivity contribution in [2.45, 2.75) is 45.3 Å². The van der Waals surface area contributed by atoms with Crippen molar-refractivity contribution < 1.29 is 19.7 Å². The third-order valence-electron chi connectivity index (χ3n) is 4.60. The summed E-state index contributed by atoms with van der Waals surface area (Å²) in [5, 5.41) is 21.9. The van der Waals surface area contributed by atoms with Gasteiger partial charge >= 0.3 is 6.09 Å². The van der Waals surface area contributed by atoms with Gasteiger partial charge in [0.1, 0.15) is 11.2 Å². The molecule has 1 fully saturated rings. The van der Waals surface area contributed by atoms with E-state index in [9.17, 15) is 15.0 Å². The van der Waals surface area contributed by atoms with Crippen LogP contribution in [0.4, 0.5) is 4.79 Å². The van der Waals surface area contributed by atoms with E-state index in [1.54, 1.807) is 36.1 Å². The van der Waals surface area contributed by atoms with Crippen LogP contribution in [-0.4, -0.2) is 46.5 Å². The van der Waals surface area contributed by atoms with Crippen molar-refractivity contribution in [3.05, 3.63) is 34.9 Å². The summed E-state index contributed by atoms with van der Waals surface area (Å²) in [6, 6.07) is 6.96. The second kappa shape index (κ2) is 6.54. The summed E-state index contributed by atoms with van der Waals surface area (Å²) < 4.78 is 5.41. The van der Waals surface area contributed by atoms with Crippen molar-refractivity contribution >= 4 is 17.7 Å². The number of carbonyl (C=O) groups is 1. The molecule has 6 heteroatoms. The largest absolute Gasteiger partial charge is 0.444 e. The highest BCUT2D eigenvalue weighted by Gasteiger charge is 2.52. The predicted octanol–water partition coefficient (Wildman–Crippen LogP) is 3.17. The van der Waals surface area contributed by atoms with Crippen LogP contribution < -0.4 is 0 Å². The highest BCUT2D eigenvalue weighted by molar-refractivity contribution is 6.30. The highest BCUT2D eigenvalue weighted by Crippen LogP contribution is 2.46. The van der Waals surface area contributed by atoms with E-state index < -0.39 is 22.7 Å². The molecule has 5 nitrogen and oxygen atoms in total. The molecule has 2 unspecified atom stereocenters. The first-order valence-corrected chi connectivity index (χ1v) is 8.46. The number of aliphatic hydroxyl groups is 2. The second-order valence-electron chi connectivity index (χ2n) is 7.74. The van der Waals surface area contributed by atoms with Crippen LogP contribution in [0, 0.1) is 5.41 Å². The number of halogens is 1. The Bertz CT molecular complexity index is 598. The standard InChI is InChI=1S/C18H26ClNO4/c1-16(2,3)24-15(22)20-10-9-18(23,17(4,11-20)12-21)13-5-7-14(19)8-6-13/h5-8,21,23H,9-12H2,1-4H3. The van der Waals surface area contributed by atoms with Gasteiger partial charge in [0.25, 0.3) is 0 Å². The van der Waals surface area contributed by atoms with Gasteiger partial charge in [0.05, 0.1) is 6.61 Å². The van der Waals surface area contributed by atoms with Crippen molar-refractivity contribution in [2.24, 2.45) is 5.41 Å². The quantitative estimate of drug-likeness (QED) is 0.854. The highest BCUT2D eigenvalue weighted by atomic mass is 35.5. The van der Waals surface area contributed by atoms with Crippen LogP contribution in [0.5, 0.6) is 0 Å². The minimum absolute atomic E-state index is 0.206. The van der Waals surface area contributed by atoms with E-state index in [2.05, 4.69) is 0 Å². The Morgan fingerprint density at radius 3 is 2.42 bits per heavy atom. The Balaban J connectivity index is 2.26. The Morgan fingerprint density at radius 1 is 1.33 bits per heavy atom. The molecule has 2 atom stereocenters. The molecule has 134 valence electrons. The van der Waals surface area contributed by atoms with Crippen LogP contribution in [0.25, 0.3) is 0 Å². The van der Waals surface area contributed by atoms with Crippen LogP contribution in [0.2, 0.25) is 5.02 Å². The second-order valence-corrected chi connectivity index (χ2v) is 8.17. The van der Waals surface area contributed by atoms with Crippen LogP contribution in [0.15, 0.2) is 24.3 Å². The fourth-order valence-electron chi connectivity index (χ4n) is 3.11. The van der Waals surface area contributed by atoms with E-state index in [4.69, 9.17) is 16.3 Å². The fourth-order valence-corrected chi connectivity index (χ4v) is 3.24. The van der Waals surface area contributed by atoms with E-state index in [0.29, 0.717) is 23.6 Å². The molecule has 1 heterocycles. The average Bonchev–Trinajstić information content (AvgIpc) is 2.49. The van der Waals surface area contributed by atoms with Gasteiger partial charge in [-0.15, -0.1) is 0 Å². The van der Waals surface area contributed by atoms with Gasteiger partial charge in [-0.05, 0) is 44.9 Å². The molecule has 1 aliphatic rings. The lowest BCUT2D eigenvalue weighted by Crippen LogP contribution is -2.60. The molecule has 1 aliphatic heterocycles. The first-order valence-electron chi connectivity index (χ1n) is 8.08. The summed E-state index contributed by atoms with van der Waals surface area (Å²) in [7, 11) is 0. The monoisotopic (exact) mass is 355 g/mol. The summed E-state index contributed by atoms with van der Waals surface area (Å²) in [6.07, 6.45) is -0.120. The van der Waals surface area contributed by atoms with E-state index in [0.717, 1.165) is 0 Å². The molecule has 1 aromatic carbocycles. The maximum Gasteiger partial charge on any atom is 0.410 e. The average molecular weight is 356 g/mol. The van der Waals surface area contributed by atoms with Gasteiger partial charge in [-0.1, -0.05) is 30.7 Å². The molecule has 2 N–H and O–H groups in total. The topological polar surface area (TPSA) is 70.0 Å². The molecular weight excluding hydrogens is 330 g/mol. The summed E-state index contributed by atoms with van der Waals surface area (Å²) >= 11 is 5.93. The zero-order valence-electron chi connectivity index (χ0n) is 14.7. The summed E-state index contributed by atoms with van der Waals surface area (Å²) in [6.45, 7) is 7.50. The summed E-state index contributed by atoms with van der Waals surface area (Å²) in [5.41, 5.74) is -2.05. The number of nitrogens with zero attached hydrogens (tertiary/aromatic N) is 1. The number of carbonyl (C=O) groups excluding carboxylic acids is 1. The van der Waals surface area contributed by atoms with Crippen LogP contribution in [0.1, 0.15) is 39.7 Å². The van der Waals surface area contributed by atoms with Crippen molar-refractivity contribution in [2.75, 3.05) is 19.7 Å². The lowest BCUT2D eigenvalue weighted by Gasteiger charge is -2.51. The molecule has 0 aromatic heterocycles. The first-order chi connectivity index (χ1) is 11.0. The molecule has 1 saturated heterocycles. The number of hydrogen-bond donors (Lipinski definition) is 2. The van der Waals surface area contributed by atoms with Gasteiger partial charge in [-0.3, -0.25) is 0 Å². The van der Waals surface area contributed by atoms with Crippen LogP contribution >= 0.6 is 11.6 Å². The molecule has 0 saturated carbocycles. The third-order valence-corrected chi connectivity index (χ3v) is 4.86. The number of rotatable bonds is 2. The minimum Gasteiger partial charge on any atom is -0.444 e. The normalized spacial score (nSPS) is 27.9. The molecule has 2 rings (SSSR count). The van der Waals surface area contributed by atoms with Crippen molar-refractivity contribution in [3.8, 4) is 0 Å². The van der Waals surface area contributed by atoms with Crippen LogP contribution in [0.3, 0.4) is 0 Å². The fraction of sp³-hybridized carbons (Fsp3) is 0.611. The molecule has 1 amide bonds. The van der Waals surface area contributed by atoms with Gasteiger partial charge in [0.15, 0.2) is 0 Å². The number of benzene rings is 1. The Labute approximate surface area is 148 Å². The maximum absolute atomic E-state index is 12.3. The van der Waals surface area contributed by atoms with Gasteiger partial charge in [-0.25, -0.2) is 4.79 Å².